The second-order valence-corrected chi connectivity index (χ2v) is 4.92. The average Bonchev–Trinajstić information content (AvgIpc) is 2.50. The molecule has 1 aromatic carbocycles. The third-order valence-corrected chi connectivity index (χ3v) is 3.46. The van der Waals surface area contributed by atoms with Gasteiger partial charge in [0.2, 0.25) is 0 Å². The summed E-state index contributed by atoms with van der Waals surface area (Å²) in [6.07, 6.45) is 3.61. The van der Waals surface area contributed by atoms with Crippen LogP contribution in [0.25, 0.3) is 11.1 Å². The molecule has 0 aliphatic carbocycles. The first-order valence-electron chi connectivity index (χ1n) is 6.81. The molecular weight excluding hydrogens is 255 g/mol. The third-order valence-electron chi connectivity index (χ3n) is 3.46. The first kappa shape index (κ1) is 13.1. The van der Waals surface area contributed by atoms with Crippen molar-refractivity contribution in [3.8, 4) is 11.1 Å². The first-order chi connectivity index (χ1) is 9.81. The van der Waals surface area contributed by atoms with E-state index in [9.17, 15) is 4.39 Å². The molecule has 1 aliphatic rings. The summed E-state index contributed by atoms with van der Waals surface area (Å²) in [4.78, 5) is 11.1. The average molecular weight is 272 g/mol. The minimum Gasteiger partial charge on any atom is -0.314 e. The highest BCUT2D eigenvalue weighted by Gasteiger charge is 2.11. The van der Waals surface area contributed by atoms with Gasteiger partial charge in [0, 0.05) is 44.1 Å². The lowest BCUT2D eigenvalue weighted by atomic mass is 10.1. The van der Waals surface area contributed by atoms with Gasteiger partial charge in [-0.2, -0.15) is 0 Å². The summed E-state index contributed by atoms with van der Waals surface area (Å²) in [6, 6.07) is 6.38. The molecule has 0 saturated carbocycles. The van der Waals surface area contributed by atoms with E-state index >= 15 is 0 Å². The van der Waals surface area contributed by atoms with E-state index in [1.807, 2.05) is 0 Å². The Hall–Kier alpha value is -1.85. The van der Waals surface area contributed by atoms with E-state index in [1.165, 1.54) is 12.1 Å². The Kier molecular flexibility index (Phi) is 3.99. The number of hydrogen-bond donors (Lipinski definition) is 1. The smallest absolute Gasteiger partial charge is 0.142 e. The van der Waals surface area contributed by atoms with Crippen LogP contribution in [0.1, 0.15) is 5.82 Å². The Morgan fingerprint density at radius 3 is 2.30 bits per heavy atom. The molecule has 20 heavy (non-hydrogen) atoms. The van der Waals surface area contributed by atoms with E-state index < -0.39 is 0 Å². The van der Waals surface area contributed by atoms with Crippen LogP contribution in [-0.4, -0.2) is 41.0 Å². The SMILES string of the molecule is Fc1ccc(-c2cnc(CN3CCNCC3)nc2)cc1. The van der Waals surface area contributed by atoms with Gasteiger partial charge < -0.3 is 5.32 Å². The number of rotatable bonds is 3. The van der Waals surface area contributed by atoms with Crippen molar-refractivity contribution in [1.82, 2.24) is 20.2 Å². The quantitative estimate of drug-likeness (QED) is 0.923. The lowest BCUT2D eigenvalue weighted by molar-refractivity contribution is 0.228. The summed E-state index contributed by atoms with van der Waals surface area (Å²) < 4.78 is 12.9. The molecule has 2 heterocycles. The molecule has 5 heteroatoms. The van der Waals surface area contributed by atoms with Crippen LogP contribution in [0.4, 0.5) is 4.39 Å². The molecule has 1 aliphatic heterocycles. The Morgan fingerprint density at radius 2 is 1.65 bits per heavy atom. The van der Waals surface area contributed by atoms with Crippen LogP contribution in [0.5, 0.6) is 0 Å². The van der Waals surface area contributed by atoms with Crippen molar-refractivity contribution in [3.63, 3.8) is 0 Å². The lowest BCUT2D eigenvalue weighted by Crippen LogP contribution is -2.43. The summed E-state index contributed by atoms with van der Waals surface area (Å²) in [5.74, 6) is 0.600. The van der Waals surface area contributed by atoms with E-state index in [0.29, 0.717) is 0 Å². The van der Waals surface area contributed by atoms with Gasteiger partial charge >= 0.3 is 0 Å². The number of benzene rings is 1. The van der Waals surface area contributed by atoms with Crippen molar-refractivity contribution in [3.05, 3.63) is 48.3 Å². The van der Waals surface area contributed by atoms with E-state index in [-0.39, 0.29) is 5.82 Å². The van der Waals surface area contributed by atoms with E-state index in [0.717, 1.165) is 49.7 Å². The second kappa shape index (κ2) is 6.07. The van der Waals surface area contributed by atoms with Crippen molar-refractivity contribution in [2.45, 2.75) is 6.54 Å². The molecular formula is C15H17FN4. The van der Waals surface area contributed by atoms with Crippen molar-refractivity contribution in [2.24, 2.45) is 0 Å². The molecule has 0 spiro atoms. The first-order valence-corrected chi connectivity index (χ1v) is 6.81. The number of halogens is 1. The zero-order valence-electron chi connectivity index (χ0n) is 11.2. The molecule has 104 valence electrons. The van der Waals surface area contributed by atoms with Crippen LogP contribution in [-0.2, 0) is 6.54 Å². The maximum absolute atomic E-state index is 12.9. The van der Waals surface area contributed by atoms with Crippen LogP contribution in [0.15, 0.2) is 36.7 Å². The molecule has 0 atom stereocenters. The number of piperazine rings is 1. The molecule has 0 bridgehead atoms. The van der Waals surface area contributed by atoms with Crippen LogP contribution in [0.2, 0.25) is 0 Å². The van der Waals surface area contributed by atoms with E-state index in [4.69, 9.17) is 0 Å². The van der Waals surface area contributed by atoms with Crippen LogP contribution in [0, 0.1) is 5.82 Å². The van der Waals surface area contributed by atoms with E-state index in [1.54, 1.807) is 24.5 Å². The maximum Gasteiger partial charge on any atom is 0.142 e. The van der Waals surface area contributed by atoms with Gasteiger partial charge in [-0.05, 0) is 17.7 Å². The molecule has 3 rings (SSSR count). The molecule has 4 nitrogen and oxygen atoms in total. The molecule has 1 N–H and O–H groups in total. The summed E-state index contributed by atoms with van der Waals surface area (Å²) in [7, 11) is 0. The van der Waals surface area contributed by atoms with Gasteiger partial charge in [-0.1, -0.05) is 12.1 Å². The van der Waals surface area contributed by atoms with Crippen molar-refractivity contribution in [1.29, 1.82) is 0 Å². The fraction of sp³-hybridized carbons (Fsp3) is 0.333. The summed E-state index contributed by atoms with van der Waals surface area (Å²) in [6.45, 7) is 4.89. The van der Waals surface area contributed by atoms with Crippen LogP contribution in [0.3, 0.4) is 0 Å². The van der Waals surface area contributed by atoms with Gasteiger partial charge in [-0.25, -0.2) is 14.4 Å². The largest absolute Gasteiger partial charge is 0.314 e. The Labute approximate surface area is 117 Å². The summed E-state index contributed by atoms with van der Waals surface area (Å²) >= 11 is 0. The standard InChI is InChI=1S/C15H17FN4/c16-14-3-1-12(2-4-14)13-9-18-15(19-10-13)11-20-7-5-17-6-8-20/h1-4,9-10,17H,5-8,11H2. The topological polar surface area (TPSA) is 41.1 Å². The van der Waals surface area contributed by atoms with Crippen LogP contribution >= 0.6 is 0 Å². The summed E-state index contributed by atoms with van der Waals surface area (Å²) in [5.41, 5.74) is 1.84. The summed E-state index contributed by atoms with van der Waals surface area (Å²) in [5, 5.41) is 3.32. The highest BCUT2D eigenvalue weighted by atomic mass is 19.1. The molecule has 0 amide bonds. The normalized spacial score (nSPS) is 16.2. The van der Waals surface area contributed by atoms with Gasteiger partial charge in [0.15, 0.2) is 0 Å². The molecule has 2 aromatic rings. The zero-order valence-corrected chi connectivity index (χ0v) is 11.2. The fourth-order valence-electron chi connectivity index (χ4n) is 2.30. The molecule has 1 saturated heterocycles. The minimum atomic E-state index is -0.231. The zero-order chi connectivity index (χ0) is 13.8. The molecule has 1 fully saturated rings. The second-order valence-electron chi connectivity index (χ2n) is 4.92. The number of aromatic nitrogens is 2. The monoisotopic (exact) mass is 272 g/mol. The van der Waals surface area contributed by atoms with Gasteiger partial charge in [0.25, 0.3) is 0 Å². The van der Waals surface area contributed by atoms with Crippen molar-refractivity contribution in [2.75, 3.05) is 26.2 Å². The Balaban J connectivity index is 1.69. The third kappa shape index (κ3) is 3.18. The highest BCUT2D eigenvalue weighted by Crippen LogP contribution is 2.17. The Bertz CT molecular complexity index is 547. The van der Waals surface area contributed by atoms with E-state index in [2.05, 4.69) is 20.2 Å². The fourth-order valence-corrected chi connectivity index (χ4v) is 2.30. The number of nitrogens with one attached hydrogen (secondary N) is 1. The van der Waals surface area contributed by atoms with Gasteiger partial charge in [0.1, 0.15) is 11.6 Å². The molecule has 0 unspecified atom stereocenters. The van der Waals surface area contributed by atoms with Crippen molar-refractivity contribution < 1.29 is 4.39 Å². The molecule has 1 aromatic heterocycles. The lowest BCUT2D eigenvalue weighted by Gasteiger charge is -2.26. The van der Waals surface area contributed by atoms with Crippen molar-refractivity contribution >= 4 is 0 Å². The highest BCUT2D eigenvalue weighted by molar-refractivity contribution is 5.61. The number of hydrogen-bond acceptors (Lipinski definition) is 4. The predicted molar refractivity (Wildman–Crippen MR) is 75.6 cm³/mol. The number of nitrogens with zero attached hydrogens (tertiary/aromatic N) is 3. The van der Waals surface area contributed by atoms with Gasteiger partial charge in [-0.3, -0.25) is 4.90 Å². The van der Waals surface area contributed by atoms with Crippen LogP contribution < -0.4 is 5.32 Å². The molecule has 0 radical (unpaired) electrons. The van der Waals surface area contributed by atoms with Gasteiger partial charge in [-0.15, -0.1) is 0 Å². The maximum atomic E-state index is 12.9. The predicted octanol–water partition coefficient (Wildman–Crippen LogP) is 1.69. The minimum absolute atomic E-state index is 0.231. The van der Waals surface area contributed by atoms with Gasteiger partial charge in [0.05, 0.1) is 6.54 Å². The Morgan fingerprint density at radius 1 is 1.00 bits per heavy atom.